The van der Waals surface area contributed by atoms with Gasteiger partial charge in [-0.15, -0.1) is 0 Å². The molecule has 1 atom stereocenters. The second kappa shape index (κ2) is 6.78. The van der Waals surface area contributed by atoms with Gasteiger partial charge in [0.25, 0.3) is 0 Å². The van der Waals surface area contributed by atoms with Gasteiger partial charge in [0.1, 0.15) is 17.2 Å². The molecule has 0 radical (unpaired) electrons. The van der Waals surface area contributed by atoms with Crippen molar-refractivity contribution in [1.82, 2.24) is 14.9 Å². The molecule has 0 spiro atoms. The van der Waals surface area contributed by atoms with Crippen molar-refractivity contribution in [2.45, 2.75) is 12.6 Å². The number of fused-ring (bicyclic) bond motifs is 2. The average Bonchev–Trinajstić information content (AvgIpc) is 3.13. The molecule has 5 nitrogen and oxygen atoms in total. The summed E-state index contributed by atoms with van der Waals surface area (Å²) >= 11 is 6.15. The molecule has 2 heterocycles. The van der Waals surface area contributed by atoms with E-state index in [1.807, 2.05) is 53.5 Å². The minimum absolute atomic E-state index is 0.0328. The molecule has 6 heteroatoms. The number of hydrogen-bond donors (Lipinski definition) is 1. The number of halogens is 1. The van der Waals surface area contributed by atoms with Gasteiger partial charge in [0.15, 0.2) is 0 Å². The lowest BCUT2D eigenvalue weighted by Gasteiger charge is -2.29. The van der Waals surface area contributed by atoms with Crippen LogP contribution >= 0.6 is 11.6 Å². The van der Waals surface area contributed by atoms with Crippen LogP contribution in [0.4, 0.5) is 0 Å². The summed E-state index contributed by atoms with van der Waals surface area (Å²) in [7, 11) is 1.65. The second-order valence-corrected chi connectivity index (χ2v) is 6.31. The maximum atomic E-state index is 6.15. The van der Waals surface area contributed by atoms with Crippen molar-refractivity contribution in [1.29, 1.82) is 0 Å². The second-order valence-electron chi connectivity index (χ2n) is 5.88. The third-order valence-corrected chi connectivity index (χ3v) is 4.55. The molecular weight excluding hydrogens is 338 g/mol. The molecule has 0 bridgehead atoms. The predicted molar refractivity (Wildman–Crippen MR) is 96.6 cm³/mol. The summed E-state index contributed by atoms with van der Waals surface area (Å²) in [5.41, 5.74) is 2.16. The van der Waals surface area contributed by atoms with E-state index in [2.05, 4.69) is 10.3 Å². The molecule has 25 heavy (non-hydrogen) atoms. The smallest absolute Gasteiger partial charge is 0.136 e. The summed E-state index contributed by atoms with van der Waals surface area (Å²) in [4.78, 5) is 4.07. The van der Waals surface area contributed by atoms with E-state index >= 15 is 0 Å². The van der Waals surface area contributed by atoms with E-state index < -0.39 is 0 Å². The van der Waals surface area contributed by atoms with Gasteiger partial charge in [0, 0.05) is 47.7 Å². The Morgan fingerprint density at radius 2 is 2.00 bits per heavy atom. The predicted octanol–water partition coefficient (Wildman–Crippen LogP) is 4.03. The van der Waals surface area contributed by atoms with Crippen molar-refractivity contribution < 1.29 is 9.47 Å². The number of nitrogens with one attached hydrogen (secondary N) is 1. The number of imidazole rings is 1. The quantitative estimate of drug-likeness (QED) is 0.750. The van der Waals surface area contributed by atoms with Crippen molar-refractivity contribution >= 4 is 11.6 Å². The Morgan fingerprint density at radius 1 is 1.20 bits per heavy atom. The molecule has 0 saturated carbocycles. The van der Waals surface area contributed by atoms with Crippen LogP contribution in [-0.4, -0.2) is 23.2 Å². The Bertz CT molecular complexity index is 880. The van der Waals surface area contributed by atoms with Gasteiger partial charge in [-0.2, -0.15) is 0 Å². The summed E-state index contributed by atoms with van der Waals surface area (Å²) in [6.45, 7) is 1.64. The maximum Gasteiger partial charge on any atom is 0.136 e. The molecule has 1 aliphatic rings. The third-order valence-electron chi connectivity index (χ3n) is 4.32. The lowest BCUT2D eigenvalue weighted by molar-refractivity contribution is 0.398. The fourth-order valence-corrected chi connectivity index (χ4v) is 3.23. The summed E-state index contributed by atoms with van der Waals surface area (Å²) < 4.78 is 13.4. The number of aromatic nitrogens is 2. The van der Waals surface area contributed by atoms with Gasteiger partial charge in [0.05, 0.1) is 19.5 Å². The van der Waals surface area contributed by atoms with E-state index in [1.165, 1.54) is 0 Å². The average molecular weight is 356 g/mol. The van der Waals surface area contributed by atoms with Crippen molar-refractivity contribution in [2.24, 2.45) is 0 Å². The molecule has 1 N–H and O–H groups in total. The molecule has 1 aromatic heterocycles. The van der Waals surface area contributed by atoms with Crippen LogP contribution in [0.3, 0.4) is 0 Å². The van der Waals surface area contributed by atoms with E-state index in [0.29, 0.717) is 5.02 Å². The Labute approximate surface area is 151 Å². The Morgan fingerprint density at radius 3 is 2.76 bits per heavy atom. The summed E-state index contributed by atoms with van der Waals surface area (Å²) in [5, 5.41) is 4.27. The molecule has 3 aromatic rings. The van der Waals surface area contributed by atoms with Crippen LogP contribution in [0.2, 0.25) is 5.02 Å². The third kappa shape index (κ3) is 3.21. The lowest BCUT2D eigenvalue weighted by Crippen LogP contribution is -2.28. The number of rotatable bonds is 5. The zero-order valence-corrected chi connectivity index (χ0v) is 14.5. The minimum Gasteiger partial charge on any atom is -0.497 e. The van der Waals surface area contributed by atoms with Gasteiger partial charge in [-0.25, -0.2) is 4.98 Å². The van der Waals surface area contributed by atoms with Crippen LogP contribution in [0.25, 0.3) is 0 Å². The van der Waals surface area contributed by atoms with E-state index in [1.54, 1.807) is 13.3 Å². The van der Waals surface area contributed by atoms with E-state index in [0.717, 1.165) is 41.5 Å². The van der Waals surface area contributed by atoms with Crippen LogP contribution < -0.4 is 14.8 Å². The Hall–Kier alpha value is -2.50. The van der Waals surface area contributed by atoms with Crippen LogP contribution in [0.1, 0.15) is 17.2 Å². The van der Waals surface area contributed by atoms with Crippen LogP contribution in [0.5, 0.6) is 17.2 Å². The number of hydrogen-bond acceptors (Lipinski definition) is 4. The highest BCUT2D eigenvalue weighted by Gasteiger charge is 2.27. The number of benzene rings is 2. The van der Waals surface area contributed by atoms with Crippen LogP contribution in [0, 0.1) is 0 Å². The molecular formula is C19H18ClN3O2. The highest BCUT2D eigenvalue weighted by atomic mass is 35.5. The highest BCUT2D eigenvalue weighted by Crippen LogP contribution is 2.44. The zero-order chi connectivity index (χ0) is 17.2. The molecule has 0 aliphatic carbocycles. The fraction of sp³-hybridized carbons (Fsp3) is 0.211. The molecule has 1 unspecified atom stereocenters. The topological polar surface area (TPSA) is 48.3 Å². The first kappa shape index (κ1) is 16.0. The zero-order valence-electron chi connectivity index (χ0n) is 13.8. The highest BCUT2D eigenvalue weighted by molar-refractivity contribution is 6.30. The summed E-state index contributed by atoms with van der Waals surface area (Å²) in [6, 6.07) is 11.7. The van der Waals surface area contributed by atoms with E-state index in [9.17, 15) is 0 Å². The van der Waals surface area contributed by atoms with E-state index in [-0.39, 0.29) is 6.04 Å². The van der Waals surface area contributed by atoms with Gasteiger partial charge in [-0.05, 0) is 24.3 Å². The molecule has 2 aromatic carbocycles. The number of nitrogens with zero attached hydrogens (tertiary/aromatic N) is 2. The van der Waals surface area contributed by atoms with Crippen molar-refractivity contribution in [2.75, 3.05) is 13.7 Å². The monoisotopic (exact) mass is 355 g/mol. The number of ether oxygens (including phenoxy) is 2. The molecule has 0 saturated heterocycles. The molecule has 0 fully saturated rings. The standard InChI is InChI=1S/C19H18ClN3O2/c1-24-14-3-5-16-18(11-14)25-17-10-13(20)2-4-15(17)19(16)22-7-9-23-8-6-21-12-23/h2-6,8,10-12,19,22H,7,9H2,1H3. The van der Waals surface area contributed by atoms with Gasteiger partial charge in [0.2, 0.25) is 0 Å². The normalized spacial score (nSPS) is 15.2. The SMILES string of the molecule is COc1ccc2c(c1)Oc1cc(Cl)ccc1C2NCCn1ccnc1. The van der Waals surface area contributed by atoms with Gasteiger partial charge in [-0.3, -0.25) is 0 Å². The minimum atomic E-state index is 0.0328. The van der Waals surface area contributed by atoms with Crippen LogP contribution in [0.15, 0.2) is 55.1 Å². The first-order valence-corrected chi connectivity index (χ1v) is 8.47. The first-order chi connectivity index (χ1) is 12.2. The molecule has 4 rings (SSSR count). The van der Waals surface area contributed by atoms with Crippen LogP contribution in [-0.2, 0) is 6.54 Å². The molecule has 1 aliphatic heterocycles. The summed E-state index contributed by atoms with van der Waals surface area (Å²) in [6.07, 6.45) is 5.56. The Balaban J connectivity index is 1.64. The first-order valence-electron chi connectivity index (χ1n) is 8.09. The van der Waals surface area contributed by atoms with Crippen molar-refractivity contribution in [3.05, 3.63) is 71.3 Å². The van der Waals surface area contributed by atoms with Crippen molar-refractivity contribution in [3.8, 4) is 17.2 Å². The Kier molecular flexibility index (Phi) is 4.34. The van der Waals surface area contributed by atoms with Gasteiger partial charge in [-0.1, -0.05) is 17.7 Å². The summed E-state index contributed by atoms with van der Waals surface area (Å²) in [5.74, 6) is 2.32. The lowest BCUT2D eigenvalue weighted by atomic mass is 9.94. The molecule has 128 valence electrons. The van der Waals surface area contributed by atoms with Gasteiger partial charge < -0.3 is 19.4 Å². The largest absolute Gasteiger partial charge is 0.497 e. The van der Waals surface area contributed by atoms with Crippen molar-refractivity contribution in [3.63, 3.8) is 0 Å². The van der Waals surface area contributed by atoms with Gasteiger partial charge >= 0.3 is 0 Å². The molecule has 0 amide bonds. The maximum absolute atomic E-state index is 6.15. The number of methoxy groups -OCH3 is 1. The fourth-order valence-electron chi connectivity index (χ4n) is 3.07. The van der Waals surface area contributed by atoms with E-state index in [4.69, 9.17) is 21.1 Å².